The van der Waals surface area contributed by atoms with Gasteiger partial charge in [-0.1, -0.05) is 42.4 Å². The van der Waals surface area contributed by atoms with Crippen LogP contribution in [0.1, 0.15) is 30.7 Å². The van der Waals surface area contributed by atoms with Crippen LogP contribution in [-0.2, 0) is 6.54 Å². The molecule has 1 aromatic heterocycles. The van der Waals surface area contributed by atoms with E-state index in [0.29, 0.717) is 12.1 Å². The zero-order chi connectivity index (χ0) is 13.8. The summed E-state index contributed by atoms with van der Waals surface area (Å²) in [4.78, 5) is 2.49. The quantitative estimate of drug-likeness (QED) is 0.928. The minimum absolute atomic E-state index is 0.391. The molecule has 2 aromatic rings. The van der Waals surface area contributed by atoms with Crippen LogP contribution in [0.4, 0.5) is 0 Å². The Labute approximate surface area is 119 Å². The first-order chi connectivity index (χ1) is 9.86. The number of nitrogens with zero attached hydrogens (tertiary/aromatic N) is 2. The van der Waals surface area contributed by atoms with Crippen LogP contribution >= 0.6 is 0 Å². The van der Waals surface area contributed by atoms with E-state index in [2.05, 4.69) is 52.6 Å². The Morgan fingerprint density at radius 2 is 2.15 bits per heavy atom. The molecule has 2 atom stereocenters. The number of piperazine rings is 1. The van der Waals surface area contributed by atoms with Gasteiger partial charge in [0, 0.05) is 31.2 Å². The van der Waals surface area contributed by atoms with Crippen molar-refractivity contribution in [2.24, 2.45) is 0 Å². The highest BCUT2D eigenvalue weighted by Gasteiger charge is 2.28. The van der Waals surface area contributed by atoms with Crippen molar-refractivity contribution in [1.82, 2.24) is 15.4 Å². The molecule has 0 amide bonds. The summed E-state index contributed by atoms with van der Waals surface area (Å²) in [5.41, 5.74) is 1.35. The lowest BCUT2D eigenvalue weighted by Gasteiger charge is -2.39. The fourth-order valence-electron chi connectivity index (χ4n) is 2.88. The van der Waals surface area contributed by atoms with Crippen LogP contribution in [0.2, 0.25) is 0 Å². The van der Waals surface area contributed by atoms with Crippen LogP contribution < -0.4 is 5.32 Å². The average Bonchev–Trinajstić information content (AvgIpc) is 3.01. The fraction of sp³-hybridized carbons (Fsp3) is 0.438. The summed E-state index contributed by atoms with van der Waals surface area (Å²) in [6.45, 7) is 5.10. The van der Waals surface area contributed by atoms with Gasteiger partial charge in [0.2, 0.25) is 0 Å². The summed E-state index contributed by atoms with van der Waals surface area (Å²) in [5, 5.41) is 7.46. The Kier molecular flexibility index (Phi) is 4.14. The minimum atomic E-state index is 0.391. The molecule has 1 aromatic carbocycles. The highest BCUT2D eigenvalue weighted by Crippen LogP contribution is 2.22. The molecule has 3 rings (SSSR count). The van der Waals surface area contributed by atoms with Crippen molar-refractivity contribution in [3.05, 3.63) is 53.9 Å². The first kappa shape index (κ1) is 13.3. The summed E-state index contributed by atoms with van der Waals surface area (Å²) < 4.78 is 5.26. The molecule has 0 saturated carbocycles. The molecule has 106 valence electrons. The largest absolute Gasteiger partial charge is 0.360 e. The molecule has 0 radical (unpaired) electrons. The van der Waals surface area contributed by atoms with Gasteiger partial charge in [-0.3, -0.25) is 4.90 Å². The van der Waals surface area contributed by atoms with Crippen LogP contribution in [0.3, 0.4) is 0 Å². The van der Waals surface area contributed by atoms with Gasteiger partial charge in [-0.05, 0) is 12.0 Å². The minimum Gasteiger partial charge on any atom is -0.360 e. The van der Waals surface area contributed by atoms with Gasteiger partial charge in [-0.2, -0.15) is 0 Å². The Bertz CT molecular complexity index is 512. The van der Waals surface area contributed by atoms with Crippen molar-refractivity contribution >= 4 is 0 Å². The Balaban J connectivity index is 1.72. The van der Waals surface area contributed by atoms with Gasteiger partial charge in [-0.25, -0.2) is 0 Å². The van der Waals surface area contributed by atoms with Crippen molar-refractivity contribution in [2.45, 2.75) is 32.0 Å². The Morgan fingerprint density at radius 3 is 2.85 bits per heavy atom. The summed E-state index contributed by atoms with van der Waals surface area (Å²) in [6, 6.07) is 13.5. The smallest absolute Gasteiger partial charge is 0.150 e. The summed E-state index contributed by atoms with van der Waals surface area (Å²) in [7, 11) is 0. The number of aromatic nitrogens is 1. The lowest BCUT2D eigenvalue weighted by atomic mass is 10.0. The highest BCUT2D eigenvalue weighted by atomic mass is 16.5. The van der Waals surface area contributed by atoms with Gasteiger partial charge in [0.1, 0.15) is 0 Å². The number of hydrogen-bond donors (Lipinski definition) is 1. The van der Waals surface area contributed by atoms with Crippen molar-refractivity contribution < 1.29 is 4.52 Å². The molecule has 2 heterocycles. The van der Waals surface area contributed by atoms with E-state index in [-0.39, 0.29) is 0 Å². The predicted octanol–water partition coefficient (Wildman–Crippen LogP) is 2.60. The van der Waals surface area contributed by atoms with Crippen molar-refractivity contribution in [2.75, 3.05) is 13.1 Å². The van der Waals surface area contributed by atoms with E-state index in [1.165, 1.54) is 5.56 Å². The van der Waals surface area contributed by atoms with E-state index in [0.717, 1.165) is 31.8 Å². The molecule has 1 fully saturated rings. The van der Waals surface area contributed by atoms with E-state index in [1.807, 2.05) is 6.07 Å². The summed E-state index contributed by atoms with van der Waals surface area (Å²) in [6.07, 6.45) is 2.86. The SMILES string of the molecule is CCC1CNC(c2ccccc2)CN1Cc1ccno1. The molecule has 1 aliphatic heterocycles. The number of hydrogen-bond acceptors (Lipinski definition) is 4. The van der Waals surface area contributed by atoms with E-state index in [1.54, 1.807) is 6.20 Å². The first-order valence-electron chi connectivity index (χ1n) is 7.28. The van der Waals surface area contributed by atoms with Crippen LogP contribution in [0.5, 0.6) is 0 Å². The number of rotatable bonds is 4. The molecule has 4 nitrogen and oxygen atoms in total. The van der Waals surface area contributed by atoms with Gasteiger partial charge in [-0.15, -0.1) is 0 Å². The topological polar surface area (TPSA) is 41.3 Å². The molecule has 1 saturated heterocycles. The second-order valence-corrected chi connectivity index (χ2v) is 5.34. The van der Waals surface area contributed by atoms with Gasteiger partial charge < -0.3 is 9.84 Å². The van der Waals surface area contributed by atoms with E-state index in [9.17, 15) is 0 Å². The first-order valence-corrected chi connectivity index (χ1v) is 7.28. The van der Waals surface area contributed by atoms with Crippen LogP contribution in [-0.4, -0.2) is 29.2 Å². The molecular weight excluding hydrogens is 250 g/mol. The molecule has 0 bridgehead atoms. The summed E-state index contributed by atoms with van der Waals surface area (Å²) in [5.74, 6) is 0.942. The van der Waals surface area contributed by atoms with Gasteiger partial charge in [0.25, 0.3) is 0 Å². The molecule has 20 heavy (non-hydrogen) atoms. The highest BCUT2D eigenvalue weighted by molar-refractivity contribution is 5.20. The van der Waals surface area contributed by atoms with Crippen molar-refractivity contribution in [3.63, 3.8) is 0 Å². The third-order valence-corrected chi connectivity index (χ3v) is 4.06. The Hall–Kier alpha value is -1.65. The fourth-order valence-corrected chi connectivity index (χ4v) is 2.88. The molecule has 0 spiro atoms. The van der Waals surface area contributed by atoms with E-state index < -0.39 is 0 Å². The standard InChI is InChI=1S/C16H21N3O/c1-2-14-10-17-16(13-6-4-3-5-7-13)12-19(14)11-15-8-9-18-20-15/h3-9,14,16-17H,2,10-12H2,1H3. The molecule has 1 N–H and O–H groups in total. The zero-order valence-electron chi connectivity index (χ0n) is 11.8. The van der Waals surface area contributed by atoms with Gasteiger partial charge >= 0.3 is 0 Å². The zero-order valence-corrected chi connectivity index (χ0v) is 11.8. The molecular formula is C16H21N3O. The normalized spacial score (nSPS) is 23.9. The van der Waals surface area contributed by atoms with E-state index >= 15 is 0 Å². The van der Waals surface area contributed by atoms with Gasteiger partial charge in [0.05, 0.1) is 12.7 Å². The number of benzene rings is 1. The monoisotopic (exact) mass is 271 g/mol. The number of nitrogens with one attached hydrogen (secondary N) is 1. The Morgan fingerprint density at radius 1 is 1.30 bits per heavy atom. The molecule has 1 aliphatic rings. The maximum Gasteiger partial charge on any atom is 0.150 e. The maximum absolute atomic E-state index is 5.26. The molecule has 2 unspecified atom stereocenters. The van der Waals surface area contributed by atoms with Crippen molar-refractivity contribution in [3.8, 4) is 0 Å². The molecule has 0 aliphatic carbocycles. The predicted molar refractivity (Wildman–Crippen MR) is 78.2 cm³/mol. The lowest BCUT2D eigenvalue weighted by Crippen LogP contribution is -2.51. The van der Waals surface area contributed by atoms with Crippen LogP contribution in [0, 0.1) is 0 Å². The third kappa shape index (κ3) is 2.92. The average molecular weight is 271 g/mol. The van der Waals surface area contributed by atoms with Crippen molar-refractivity contribution in [1.29, 1.82) is 0 Å². The van der Waals surface area contributed by atoms with Crippen LogP contribution in [0.15, 0.2) is 47.1 Å². The summed E-state index contributed by atoms with van der Waals surface area (Å²) >= 11 is 0. The van der Waals surface area contributed by atoms with E-state index in [4.69, 9.17) is 4.52 Å². The second-order valence-electron chi connectivity index (χ2n) is 5.34. The second kappa shape index (κ2) is 6.20. The maximum atomic E-state index is 5.26. The molecule has 4 heteroatoms. The van der Waals surface area contributed by atoms with Gasteiger partial charge in [0.15, 0.2) is 5.76 Å². The lowest BCUT2D eigenvalue weighted by molar-refractivity contribution is 0.107. The third-order valence-electron chi connectivity index (χ3n) is 4.06. The van der Waals surface area contributed by atoms with Crippen LogP contribution in [0.25, 0.3) is 0 Å².